The third-order valence-corrected chi connectivity index (χ3v) is 4.40. The van der Waals surface area contributed by atoms with Crippen molar-refractivity contribution in [2.24, 2.45) is 0 Å². The molecule has 1 unspecified atom stereocenters. The van der Waals surface area contributed by atoms with Gasteiger partial charge in [0.15, 0.2) is 0 Å². The predicted molar refractivity (Wildman–Crippen MR) is 74.1 cm³/mol. The van der Waals surface area contributed by atoms with Crippen LogP contribution in [0.5, 0.6) is 0 Å². The molecule has 0 spiro atoms. The summed E-state index contributed by atoms with van der Waals surface area (Å²) < 4.78 is 45.1. The molecule has 0 bridgehead atoms. The standard InChI is InChI=1S/C12H17FN2O5S/c1-8-6-10(7-11(12(8)13)15(16)17)21(18,19)14-9(2)4-5-20-3/h6-7,9,14H,4-5H2,1-3H3. The zero-order valence-electron chi connectivity index (χ0n) is 11.9. The minimum atomic E-state index is -3.96. The molecule has 0 aromatic heterocycles. The fraction of sp³-hybridized carbons (Fsp3) is 0.500. The van der Waals surface area contributed by atoms with Crippen molar-refractivity contribution in [2.75, 3.05) is 13.7 Å². The Morgan fingerprint density at radius 3 is 2.62 bits per heavy atom. The van der Waals surface area contributed by atoms with Gasteiger partial charge in [-0.1, -0.05) is 0 Å². The van der Waals surface area contributed by atoms with Crippen LogP contribution in [0.2, 0.25) is 0 Å². The highest BCUT2D eigenvalue weighted by atomic mass is 32.2. The maximum atomic E-state index is 13.6. The molecule has 118 valence electrons. The number of nitrogens with zero attached hydrogens (tertiary/aromatic N) is 1. The number of nitro groups is 1. The molecule has 0 saturated carbocycles. The minimum absolute atomic E-state index is 0.103. The number of rotatable bonds is 7. The molecule has 0 saturated heterocycles. The van der Waals surface area contributed by atoms with Crippen molar-refractivity contribution in [2.45, 2.75) is 31.2 Å². The third-order valence-electron chi connectivity index (χ3n) is 2.83. The summed E-state index contributed by atoms with van der Waals surface area (Å²) in [6.45, 7) is 3.28. The zero-order chi connectivity index (χ0) is 16.2. The van der Waals surface area contributed by atoms with Crippen molar-refractivity contribution in [3.05, 3.63) is 33.6 Å². The number of sulfonamides is 1. The topological polar surface area (TPSA) is 98.5 Å². The Hall–Kier alpha value is -1.58. The van der Waals surface area contributed by atoms with E-state index >= 15 is 0 Å². The molecular formula is C12H17FN2O5S. The Balaban J connectivity index is 3.12. The van der Waals surface area contributed by atoms with Crippen LogP contribution in [0.1, 0.15) is 18.9 Å². The van der Waals surface area contributed by atoms with Crippen molar-refractivity contribution in [3.63, 3.8) is 0 Å². The summed E-state index contributed by atoms with van der Waals surface area (Å²) in [6.07, 6.45) is 0.442. The molecule has 0 aliphatic heterocycles. The lowest BCUT2D eigenvalue weighted by molar-refractivity contribution is -0.387. The van der Waals surface area contributed by atoms with E-state index in [0.717, 1.165) is 6.07 Å². The molecule has 0 aliphatic rings. The van der Waals surface area contributed by atoms with Crippen LogP contribution in [0.25, 0.3) is 0 Å². The van der Waals surface area contributed by atoms with Gasteiger partial charge in [0.2, 0.25) is 15.8 Å². The molecule has 9 heteroatoms. The van der Waals surface area contributed by atoms with E-state index in [9.17, 15) is 22.9 Å². The first kappa shape index (κ1) is 17.5. The number of aryl methyl sites for hydroxylation is 1. The SMILES string of the molecule is COCCC(C)NS(=O)(=O)c1cc(C)c(F)c([N+](=O)[O-])c1. The molecular weight excluding hydrogens is 303 g/mol. The summed E-state index contributed by atoms with van der Waals surface area (Å²) in [6, 6.07) is 1.36. The van der Waals surface area contributed by atoms with E-state index in [-0.39, 0.29) is 10.5 Å². The molecule has 1 N–H and O–H groups in total. The van der Waals surface area contributed by atoms with Crippen molar-refractivity contribution in [3.8, 4) is 0 Å². The first-order valence-corrected chi connectivity index (χ1v) is 7.63. The first-order valence-electron chi connectivity index (χ1n) is 6.15. The van der Waals surface area contributed by atoms with Crippen LogP contribution in [0.4, 0.5) is 10.1 Å². The van der Waals surface area contributed by atoms with Gasteiger partial charge in [0.1, 0.15) is 0 Å². The predicted octanol–water partition coefficient (Wildman–Crippen LogP) is 1.75. The molecule has 0 aliphatic carbocycles. The third kappa shape index (κ3) is 4.45. The monoisotopic (exact) mass is 320 g/mol. The zero-order valence-corrected chi connectivity index (χ0v) is 12.7. The van der Waals surface area contributed by atoms with Gasteiger partial charge in [0, 0.05) is 25.8 Å². The summed E-state index contributed by atoms with van der Waals surface area (Å²) in [7, 11) is -2.47. The lowest BCUT2D eigenvalue weighted by Crippen LogP contribution is -2.33. The summed E-state index contributed by atoms with van der Waals surface area (Å²) in [4.78, 5) is 9.47. The number of ether oxygens (including phenoxy) is 1. The van der Waals surface area contributed by atoms with E-state index in [1.54, 1.807) is 6.92 Å². The second kappa shape index (κ2) is 6.92. The number of halogens is 1. The molecule has 7 nitrogen and oxygen atoms in total. The van der Waals surface area contributed by atoms with Gasteiger partial charge < -0.3 is 4.74 Å². The average Bonchev–Trinajstić information content (AvgIpc) is 2.38. The summed E-state index contributed by atoms with van der Waals surface area (Å²) >= 11 is 0. The second-order valence-electron chi connectivity index (χ2n) is 4.63. The van der Waals surface area contributed by atoms with E-state index in [1.807, 2.05) is 0 Å². The van der Waals surface area contributed by atoms with Crippen LogP contribution in [-0.4, -0.2) is 33.1 Å². The summed E-state index contributed by atoms with van der Waals surface area (Å²) in [5.74, 6) is -1.04. The molecule has 21 heavy (non-hydrogen) atoms. The van der Waals surface area contributed by atoms with Crippen LogP contribution in [0.3, 0.4) is 0 Å². The Labute approximate surface area is 122 Å². The fourth-order valence-electron chi connectivity index (χ4n) is 1.69. The van der Waals surface area contributed by atoms with Crippen LogP contribution in [0, 0.1) is 22.9 Å². The van der Waals surface area contributed by atoms with Crippen LogP contribution in [-0.2, 0) is 14.8 Å². The van der Waals surface area contributed by atoms with Crippen LogP contribution >= 0.6 is 0 Å². The normalized spacial score (nSPS) is 13.1. The first-order chi connectivity index (χ1) is 9.69. The molecule has 0 radical (unpaired) electrons. The van der Waals surface area contributed by atoms with Gasteiger partial charge in [-0.3, -0.25) is 10.1 Å². The molecule has 1 atom stereocenters. The maximum absolute atomic E-state index is 13.6. The number of benzene rings is 1. The van der Waals surface area contributed by atoms with E-state index in [0.29, 0.717) is 19.1 Å². The molecule has 0 amide bonds. The summed E-state index contributed by atoms with van der Waals surface area (Å²) in [5.41, 5.74) is -0.964. The number of hydrogen-bond donors (Lipinski definition) is 1. The molecule has 1 aromatic carbocycles. The minimum Gasteiger partial charge on any atom is -0.385 e. The van der Waals surface area contributed by atoms with E-state index < -0.39 is 32.5 Å². The Morgan fingerprint density at radius 2 is 2.10 bits per heavy atom. The average molecular weight is 320 g/mol. The van der Waals surface area contributed by atoms with Crippen LogP contribution < -0.4 is 4.72 Å². The number of hydrogen-bond acceptors (Lipinski definition) is 5. The largest absolute Gasteiger partial charge is 0.385 e. The Bertz CT molecular complexity index is 633. The highest BCUT2D eigenvalue weighted by molar-refractivity contribution is 7.89. The smallest absolute Gasteiger partial charge is 0.306 e. The Morgan fingerprint density at radius 1 is 1.48 bits per heavy atom. The van der Waals surface area contributed by atoms with E-state index in [2.05, 4.69) is 4.72 Å². The van der Waals surface area contributed by atoms with E-state index in [4.69, 9.17) is 4.74 Å². The van der Waals surface area contributed by atoms with Crippen molar-refractivity contribution in [1.82, 2.24) is 4.72 Å². The molecule has 0 fully saturated rings. The van der Waals surface area contributed by atoms with Crippen molar-refractivity contribution in [1.29, 1.82) is 0 Å². The lowest BCUT2D eigenvalue weighted by atomic mass is 10.2. The molecule has 1 rings (SSSR count). The second-order valence-corrected chi connectivity index (χ2v) is 6.35. The number of nitrogens with one attached hydrogen (secondary N) is 1. The number of methoxy groups -OCH3 is 1. The molecule has 0 heterocycles. The van der Waals surface area contributed by atoms with Gasteiger partial charge in [-0.15, -0.1) is 0 Å². The van der Waals surface area contributed by atoms with Gasteiger partial charge in [-0.25, -0.2) is 13.1 Å². The van der Waals surface area contributed by atoms with Crippen molar-refractivity contribution < 1.29 is 22.5 Å². The fourth-order valence-corrected chi connectivity index (χ4v) is 3.08. The number of nitro benzene ring substituents is 1. The Kier molecular flexibility index (Phi) is 5.76. The molecule has 1 aromatic rings. The maximum Gasteiger partial charge on any atom is 0.306 e. The summed E-state index contributed by atoms with van der Waals surface area (Å²) in [5, 5.41) is 10.8. The van der Waals surface area contributed by atoms with Gasteiger partial charge >= 0.3 is 5.69 Å². The highest BCUT2D eigenvalue weighted by Gasteiger charge is 2.24. The van der Waals surface area contributed by atoms with Gasteiger partial charge in [0.05, 0.1) is 9.82 Å². The van der Waals surface area contributed by atoms with Gasteiger partial charge in [0.25, 0.3) is 0 Å². The quantitative estimate of drug-likeness (QED) is 0.609. The highest BCUT2D eigenvalue weighted by Crippen LogP contribution is 2.25. The van der Waals surface area contributed by atoms with Gasteiger partial charge in [-0.05, 0) is 31.9 Å². The lowest BCUT2D eigenvalue weighted by Gasteiger charge is -2.14. The van der Waals surface area contributed by atoms with E-state index in [1.165, 1.54) is 14.0 Å². The van der Waals surface area contributed by atoms with Crippen LogP contribution in [0.15, 0.2) is 17.0 Å². The van der Waals surface area contributed by atoms with Crippen molar-refractivity contribution >= 4 is 15.7 Å². The van der Waals surface area contributed by atoms with Gasteiger partial charge in [-0.2, -0.15) is 4.39 Å².